The maximum absolute atomic E-state index is 12.5. The Labute approximate surface area is 178 Å². The number of nitrogens with one attached hydrogen (secondary N) is 1. The summed E-state index contributed by atoms with van der Waals surface area (Å²) < 4.78 is 10.4. The minimum Gasteiger partial charge on any atom is -0.493 e. The van der Waals surface area contributed by atoms with E-state index >= 15 is 0 Å². The highest BCUT2D eigenvalue weighted by atomic mass is 32.1. The quantitative estimate of drug-likeness (QED) is 0.586. The number of carbonyl (C=O) groups excluding carboxylic acids is 2. The van der Waals surface area contributed by atoms with Crippen molar-refractivity contribution in [1.29, 1.82) is 0 Å². The second-order valence-electron chi connectivity index (χ2n) is 7.03. The molecule has 2 heterocycles. The number of amides is 1. The Morgan fingerprint density at radius 3 is 2.77 bits per heavy atom. The summed E-state index contributed by atoms with van der Waals surface area (Å²) in [4.78, 5) is 29.8. The number of rotatable bonds is 7. The summed E-state index contributed by atoms with van der Waals surface area (Å²) in [5.41, 5.74) is 3.48. The maximum Gasteiger partial charge on any atom is 0.357 e. The molecule has 0 radical (unpaired) electrons. The molecule has 1 aliphatic heterocycles. The predicted octanol–water partition coefficient (Wildman–Crippen LogP) is 3.83. The Kier molecular flexibility index (Phi) is 6.09. The fourth-order valence-corrected chi connectivity index (χ4v) is 4.37. The molecular formula is C23H22N2O4S. The molecule has 30 heavy (non-hydrogen) atoms. The highest BCUT2D eigenvalue weighted by molar-refractivity contribution is 7.16. The predicted molar refractivity (Wildman–Crippen MR) is 115 cm³/mol. The Hall–Kier alpha value is -3.19. The third-order valence-corrected chi connectivity index (χ3v) is 5.96. The summed E-state index contributed by atoms with van der Waals surface area (Å²) in [7, 11) is 1.33. The van der Waals surface area contributed by atoms with Crippen molar-refractivity contribution in [2.24, 2.45) is 0 Å². The molecule has 3 aromatic rings. The largest absolute Gasteiger partial charge is 0.493 e. The van der Waals surface area contributed by atoms with Crippen molar-refractivity contribution in [2.75, 3.05) is 19.0 Å². The van der Waals surface area contributed by atoms with E-state index in [1.165, 1.54) is 29.6 Å². The summed E-state index contributed by atoms with van der Waals surface area (Å²) in [6.45, 7) is 0.687. The number of aromatic nitrogens is 1. The molecule has 4 rings (SSSR count). The number of carbonyl (C=O) groups is 2. The number of fused-ring (bicyclic) bond motifs is 1. The summed E-state index contributed by atoms with van der Waals surface area (Å²) in [5, 5.41) is 3.22. The molecule has 0 saturated carbocycles. The molecule has 7 heteroatoms. The number of esters is 1. The molecule has 0 fully saturated rings. The number of anilines is 1. The van der Waals surface area contributed by atoms with Crippen molar-refractivity contribution in [3.8, 4) is 5.75 Å². The molecule has 0 aliphatic carbocycles. The van der Waals surface area contributed by atoms with Crippen LogP contribution < -0.4 is 10.1 Å². The van der Waals surface area contributed by atoms with Gasteiger partial charge in [0.05, 0.1) is 20.1 Å². The normalized spacial score (nSPS) is 12.2. The van der Waals surface area contributed by atoms with Crippen molar-refractivity contribution in [3.05, 3.63) is 75.8 Å². The number of thiazole rings is 1. The van der Waals surface area contributed by atoms with Gasteiger partial charge in [-0.3, -0.25) is 4.79 Å². The zero-order chi connectivity index (χ0) is 20.9. The highest BCUT2D eigenvalue weighted by Gasteiger charge is 2.20. The van der Waals surface area contributed by atoms with Gasteiger partial charge in [-0.2, -0.15) is 0 Å². The first kappa shape index (κ1) is 20.1. The molecule has 0 unspecified atom stereocenters. The fourth-order valence-electron chi connectivity index (χ4n) is 3.40. The zero-order valence-corrected chi connectivity index (χ0v) is 17.5. The summed E-state index contributed by atoms with van der Waals surface area (Å²) in [6, 6.07) is 15.9. The lowest BCUT2D eigenvalue weighted by Crippen LogP contribution is -2.14. The van der Waals surface area contributed by atoms with Gasteiger partial charge in [0.1, 0.15) is 5.75 Å². The molecule has 2 aromatic carbocycles. The SMILES string of the molecule is COC(=O)c1nc(NC(=O)Cc2ccc3c(c2)OCC3)sc1CCc1ccccc1. The van der Waals surface area contributed by atoms with Crippen molar-refractivity contribution >= 4 is 28.3 Å². The number of aryl methyl sites for hydroxylation is 2. The number of benzene rings is 2. The molecule has 0 saturated heterocycles. The molecule has 0 atom stereocenters. The van der Waals surface area contributed by atoms with Gasteiger partial charge in [0, 0.05) is 11.3 Å². The summed E-state index contributed by atoms with van der Waals surface area (Å²) >= 11 is 1.31. The van der Waals surface area contributed by atoms with Gasteiger partial charge in [0.15, 0.2) is 10.8 Å². The molecule has 6 nitrogen and oxygen atoms in total. The Morgan fingerprint density at radius 1 is 1.13 bits per heavy atom. The molecule has 0 spiro atoms. The number of ether oxygens (including phenoxy) is 2. The lowest BCUT2D eigenvalue weighted by atomic mass is 10.1. The summed E-state index contributed by atoms with van der Waals surface area (Å²) in [6.07, 6.45) is 2.53. The average Bonchev–Trinajstić information content (AvgIpc) is 3.38. The van der Waals surface area contributed by atoms with Crippen molar-refractivity contribution in [1.82, 2.24) is 4.98 Å². The molecular weight excluding hydrogens is 400 g/mol. The molecule has 0 bridgehead atoms. The van der Waals surface area contributed by atoms with Gasteiger partial charge in [-0.1, -0.05) is 42.5 Å². The number of methoxy groups -OCH3 is 1. The third kappa shape index (κ3) is 4.68. The summed E-state index contributed by atoms with van der Waals surface area (Å²) in [5.74, 6) is 0.170. The van der Waals surface area contributed by atoms with Crippen LogP contribution in [0.15, 0.2) is 48.5 Å². The Morgan fingerprint density at radius 2 is 1.97 bits per heavy atom. The van der Waals surface area contributed by atoms with E-state index in [9.17, 15) is 9.59 Å². The Bertz CT molecular complexity index is 1060. The first-order chi connectivity index (χ1) is 14.6. The van der Waals surface area contributed by atoms with Crippen LogP contribution in [0.1, 0.15) is 32.1 Å². The minimum absolute atomic E-state index is 0.187. The van der Waals surface area contributed by atoms with Crippen LogP contribution in [-0.4, -0.2) is 30.6 Å². The van der Waals surface area contributed by atoms with Crippen molar-refractivity contribution in [3.63, 3.8) is 0 Å². The van der Waals surface area contributed by atoms with Crippen LogP contribution in [0.2, 0.25) is 0 Å². The van der Waals surface area contributed by atoms with Crippen LogP contribution in [0.5, 0.6) is 5.75 Å². The second-order valence-corrected chi connectivity index (χ2v) is 8.12. The van der Waals surface area contributed by atoms with Gasteiger partial charge in [0.2, 0.25) is 5.91 Å². The topological polar surface area (TPSA) is 77.5 Å². The van der Waals surface area contributed by atoms with Gasteiger partial charge in [-0.05, 0) is 35.6 Å². The monoisotopic (exact) mass is 422 g/mol. The molecule has 1 aromatic heterocycles. The molecule has 1 N–H and O–H groups in total. The van der Waals surface area contributed by atoms with E-state index in [-0.39, 0.29) is 18.0 Å². The van der Waals surface area contributed by atoms with E-state index in [0.29, 0.717) is 18.2 Å². The first-order valence-corrected chi connectivity index (χ1v) is 10.6. The minimum atomic E-state index is -0.495. The standard InChI is InChI=1S/C23H22N2O4S/c1-28-22(27)21-19(10-8-15-5-3-2-4-6-15)30-23(25-21)24-20(26)14-16-7-9-17-11-12-29-18(17)13-16/h2-7,9,13H,8,10-12,14H2,1H3,(H,24,25,26). The van der Waals surface area contributed by atoms with E-state index in [4.69, 9.17) is 9.47 Å². The van der Waals surface area contributed by atoms with Crippen LogP contribution in [0.25, 0.3) is 0 Å². The van der Waals surface area contributed by atoms with Crippen LogP contribution in [0.4, 0.5) is 5.13 Å². The van der Waals surface area contributed by atoms with Gasteiger partial charge in [0.25, 0.3) is 0 Å². The van der Waals surface area contributed by atoms with Gasteiger partial charge in [-0.25, -0.2) is 9.78 Å². The lowest BCUT2D eigenvalue weighted by molar-refractivity contribution is -0.115. The molecule has 1 amide bonds. The van der Waals surface area contributed by atoms with Crippen LogP contribution in [0, 0.1) is 0 Å². The number of hydrogen-bond acceptors (Lipinski definition) is 6. The highest BCUT2D eigenvalue weighted by Crippen LogP contribution is 2.28. The maximum atomic E-state index is 12.5. The fraction of sp³-hybridized carbons (Fsp3) is 0.261. The smallest absolute Gasteiger partial charge is 0.357 e. The average molecular weight is 423 g/mol. The Balaban J connectivity index is 1.44. The third-order valence-electron chi connectivity index (χ3n) is 4.93. The van der Waals surface area contributed by atoms with Gasteiger partial charge in [-0.15, -0.1) is 11.3 Å². The van der Waals surface area contributed by atoms with E-state index in [0.717, 1.165) is 29.0 Å². The number of nitrogens with zero attached hydrogens (tertiary/aromatic N) is 1. The van der Waals surface area contributed by atoms with E-state index in [1.54, 1.807) is 0 Å². The van der Waals surface area contributed by atoms with E-state index in [2.05, 4.69) is 10.3 Å². The van der Waals surface area contributed by atoms with E-state index < -0.39 is 5.97 Å². The molecule has 1 aliphatic rings. The van der Waals surface area contributed by atoms with Gasteiger partial charge >= 0.3 is 5.97 Å². The van der Waals surface area contributed by atoms with Crippen molar-refractivity contribution in [2.45, 2.75) is 25.7 Å². The second kappa shape index (κ2) is 9.09. The van der Waals surface area contributed by atoms with Crippen LogP contribution in [0.3, 0.4) is 0 Å². The zero-order valence-electron chi connectivity index (χ0n) is 16.6. The van der Waals surface area contributed by atoms with Gasteiger partial charge < -0.3 is 14.8 Å². The number of hydrogen-bond donors (Lipinski definition) is 1. The first-order valence-electron chi connectivity index (χ1n) is 9.79. The van der Waals surface area contributed by atoms with Crippen LogP contribution in [-0.2, 0) is 35.2 Å². The van der Waals surface area contributed by atoms with Crippen LogP contribution >= 0.6 is 11.3 Å². The van der Waals surface area contributed by atoms with E-state index in [1.807, 2.05) is 48.5 Å². The lowest BCUT2D eigenvalue weighted by Gasteiger charge is -2.04. The van der Waals surface area contributed by atoms with Crippen molar-refractivity contribution < 1.29 is 19.1 Å². The molecule has 154 valence electrons.